The summed E-state index contributed by atoms with van der Waals surface area (Å²) in [7, 11) is 0. The lowest BCUT2D eigenvalue weighted by molar-refractivity contribution is -0.394. The van der Waals surface area contributed by atoms with E-state index in [0.717, 1.165) is 29.4 Å². The molecule has 1 heterocycles. The molecule has 7 nitrogen and oxygen atoms in total. The van der Waals surface area contributed by atoms with Crippen LogP contribution < -0.4 is 4.90 Å². The zero-order valence-corrected chi connectivity index (χ0v) is 13.5. The molecule has 126 valence electrons. The number of anilines is 1. The van der Waals surface area contributed by atoms with Gasteiger partial charge in [-0.2, -0.15) is 0 Å². The number of non-ortho nitro benzene ring substituents is 1. The number of nitro benzene ring substituents is 2. The van der Waals surface area contributed by atoms with Gasteiger partial charge in [-0.15, -0.1) is 0 Å². The van der Waals surface area contributed by atoms with Gasteiger partial charge in [0.25, 0.3) is 11.4 Å². The summed E-state index contributed by atoms with van der Waals surface area (Å²) in [5.41, 5.74) is 2.53. The van der Waals surface area contributed by atoms with E-state index < -0.39 is 9.85 Å². The van der Waals surface area contributed by atoms with Gasteiger partial charge in [-0.1, -0.05) is 18.2 Å². The summed E-state index contributed by atoms with van der Waals surface area (Å²) in [5, 5.41) is 22.2. The number of para-hydroxylation sites is 1. The molecular formula is C18H15N3O4. The summed E-state index contributed by atoms with van der Waals surface area (Å²) in [4.78, 5) is 23.0. The van der Waals surface area contributed by atoms with E-state index >= 15 is 0 Å². The van der Waals surface area contributed by atoms with Gasteiger partial charge < -0.3 is 4.90 Å². The van der Waals surface area contributed by atoms with Crippen LogP contribution in [0.5, 0.6) is 0 Å². The van der Waals surface area contributed by atoms with Crippen molar-refractivity contribution < 1.29 is 9.85 Å². The van der Waals surface area contributed by atoms with Crippen molar-refractivity contribution in [1.29, 1.82) is 0 Å². The minimum absolute atomic E-state index is 0.287. The lowest BCUT2D eigenvalue weighted by atomic mass is 9.97. The average molecular weight is 337 g/mol. The Morgan fingerprint density at radius 1 is 1.08 bits per heavy atom. The van der Waals surface area contributed by atoms with E-state index in [1.807, 2.05) is 43.5 Å². The van der Waals surface area contributed by atoms with Crippen LogP contribution in [0.1, 0.15) is 18.1 Å². The second kappa shape index (κ2) is 6.56. The van der Waals surface area contributed by atoms with Crippen LogP contribution >= 0.6 is 0 Å². The number of fused-ring (bicyclic) bond motifs is 1. The number of hydrogen-bond acceptors (Lipinski definition) is 5. The van der Waals surface area contributed by atoms with Crippen molar-refractivity contribution in [1.82, 2.24) is 0 Å². The topological polar surface area (TPSA) is 89.5 Å². The van der Waals surface area contributed by atoms with Crippen molar-refractivity contribution in [2.75, 3.05) is 11.4 Å². The van der Waals surface area contributed by atoms with E-state index in [-0.39, 0.29) is 11.4 Å². The molecule has 2 aromatic carbocycles. The number of benzene rings is 2. The van der Waals surface area contributed by atoms with E-state index in [4.69, 9.17) is 0 Å². The van der Waals surface area contributed by atoms with Gasteiger partial charge in [-0.3, -0.25) is 20.2 Å². The predicted octanol–water partition coefficient (Wildman–Crippen LogP) is 4.40. The molecule has 0 fully saturated rings. The average Bonchev–Trinajstić information content (AvgIpc) is 2.62. The van der Waals surface area contributed by atoms with Gasteiger partial charge in [0.15, 0.2) is 0 Å². The molecule has 0 N–H and O–H groups in total. The van der Waals surface area contributed by atoms with Gasteiger partial charge in [0.1, 0.15) is 0 Å². The summed E-state index contributed by atoms with van der Waals surface area (Å²) in [6, 6.07) is 11.5. The standard InChI is InChI=1S/C18H15N3O4/c1-2-19-10-9-13(16-5-3-4-6-17(16)19)11-14-7-8-15(20(22)23)12-18(14)21(24)25/h3-12H,2H2,1H3. The first-order valence-electron chi connectivity index (χ1n) is 7.70. The lowest BCUT2D eigenvalue weighted by Gasteiger charge is -2.26. The van der Waals surface area contributed by atoms with Crippen molar-refractivity contribution in [2.45, 2.75) is 6.92 Å². The molecule has 0 aliphatic carbocycles. The van der Waals surface area contributed by atoms with Crippen LogP contribution in [-0.4, -0.2) is 16.4 Å². The van der Waals surface area contributed by atoms with Crippen molar-refractivity contribution in [3.8, 4) is 0 Å². The first-order chi connectivity index (χ1) is 12.0. The second-order valence-corrected chi connectivity index (χ2v) is 5.48. The lowest BCUT2D eigenvalue weighted by Crippen LogP contribution is -2.18. The van der Waals surface area contributed by atoms with Crippen LogP contribution in [0.15, 0.2) is 54.7 Å². The van der Waals surface area contributed by atoms with E-state index in [1.54, 1.807) is 6.08 Å². The summed E-state index contributed by atoms with van der Waals surface area (Å²) in [5.74, 6) is 0. The van der Waals surface area contributed by atoms with Gasteiger partial charge in [0.05, 0.1) is 21.5 Å². The first kappa shape index (κ1) is 16.4. The molecule has 25 heavy (non-hydrogen) atoms. The third-order valence-electron chi connectivity index (χ3n) is 4.03. The molecule has 0 atom stereocenters. The summed E-state index contributed by atoms with van der Waals surface area (Å²) >= 11 is 0. The Hall–Kier alpha value is -3.48. The summed E-state index contributed by atoms with van der Waals surface area (Å²) in [6.45, 7) is 2.84. The smallest absolute Gasteiger partial charge is 0.283 e. The highest BCUT2D eigenvalue weighted by Crippen LogP contribution is 2.35. The highest BCUT2D eigenvalue weighted by atomic mass is 16.6. The fourth-order valence-corrected chi connectivity index (χ4v) is 2.80. The molecule has 0 saturated heterocycles. The van der Waals surface area contributed by atoms with Gasteiger partial charge >= 0.3 is 0 Å². The zero-order valence-electron chi connectivity index (χ0n) is 13.5. The Bertz CT molecular complexity index is 918. The highest BCUT2D eigenvalue weighted by Gasteiger charge is 2.20. The molecule has 3 rings (SSSR count). The van der Waals surface area contributed by atoms with E-state index in [2.05, 4.69) is 4.90 Å². The van der Waals surface area contributed by atoms with E-state index in [1.165, 1.54) is 12.1 Å². The van der Waals surface area contributed by atoms with Gasteiger partial charge in [-0.25, -0.2) is 0 Å². The largest absolute Gasteiger partial charge is 0.348 e. The van der Waals surface area contributed by atoms with Crippen molar-refractivity contribution in [3.05, 3.63) is 86.1 Å². The number of nitrogens with zero attached hydrogens (tertiary/aromatic N) is 3. The van der Waals surface area contributed by atoms with Crippen LogP contribution in [0.4, 0.5) is 17.1 Å². The molecule has 0 bridgehead atoms. The first-order valence-corrected chi connectivity index (χ1v) is 7.70. The van der Waals surface area contributed by atoms with Crippen LogP contribution in [-0.2, 0) is 0 Å². The van der Waals surface area contributed by atoms with Crippen LogP contribution in [0, 0.1) is 20.2 Å². The van der Waals surface area contributed by atoms with Gasteiger partial charge in [0.2, 0.25) is 0 Å². The second-order valence-electron chi connectivity index (χ2n) is 5.48. The minimum atomic E-state index is -0.640. The highest BCUT2D eigenvalue weighted by molar-refractivity contribution is 5.95. The van der Waals surface area contributed by atoms with Crippen LogP contribution in [0.3, 0.4) is 0 Å². The van der Waals surface area contributed by atoms with Crippen LogP contribution in [0.2, 0.25) is 0 Å². The molecule has 0 unspecified atom stereocenters. The molecule has 7 heteroatoms. The predicted molar refractivity (Wildman–Crippen MR) is 96.2 cm³/mol. The quantitative estimate of drug-likeness (QED) is 0.609. The van der Waals surface area contributed by atoms with E-state index in [0.29, 0.717) is 5.56 Å². The van der Waals surface area contributed by atoms with Crippen molar-refractivity contribution in [3.63, 3.8) is 0 Å². The number of rotatable bonds is 4. The molecule has 0 aromatic heterocycles. The molecule has 1 aliphatic heterocycles. The number of hydrogen-bond donors (Lipinski definition) is 0. The van der Waals surface area contributed by atoms with Gasteiger partial charge in [-0.05, 0) is 36.8 Å². The SMILES string of the molecule is CCN1C=CC(=Cc2ccc([N+](=O)[O-])cc2[N+](=O)[O-])c2ccccc21. The Balaban J connectivity index is 2.13. The van der Waals surface area contributed by atoms with Crippen LogP contribution in [0.25, 0.3) is 11.6 Å². The Kier molecular flexibility index (Phi) is 4.30. The maximum atomic E-state index is 11.3. The Labute approximate surface area is 143 Å². The molecule has 0 saturated carbocycles. The van der Waals surface area contributed by atoms with Gasteiger partial charge in [0, 0.05) is 30.1 Å². The molecule has 0 amide bonds. The Morgan fingerprint density at radius 2 is 1.84 bits per heavy atom. The third kappa shape index (κ3) is 3.12. The Morgan fingerprint density at radius 3 is 2.52 bits per heavy atom. The normalized spacial score (nSPS) is 14.4. The summed E-state index contributed by atoms with van der Waals surface area (Å²) in [6.07, 6.45) is 5.49. The fraction of sp³-hybridized carbons (Fsp3) is 0.111. The third-order valence-corrected chi connectivity index (χ3v) is 4.03. The number of nitro groups is 2. The molecule has 0 spiro atoms. The molecule has 1 aliphatic rings. The monoisotopic (exact) mass is 337 g/mol. The fourth-order valence-electron chi connectivity index (χ4n) is 2.80. The molecular weight excluding hydrogens is 322 g/mol. The molecule has 0 radical (unpaired) electrons. The number of allylic oxidation sites excluding steroid dienone is 2. The minimum Gasteiger partial charge on any atom is -0.348 e. The van der Waals surface area contributed by atoms with Crippen molar-refractivity contribution in [2.24, 2.45) is 0 Å². The zero-order chi connectivity index (χ0) is 18.0. The maximum absolute atomic E-state index is 11.3. The summed E-state index contributed by atoms with van der Waals surface area (Å²) < 4.78 is 0. The van der Waals surface area contributed by atoms with Crippen molar-refractivity contribution >= 4 is 28.7 Å². The maximum Gasteiger partial charge on any atom is 0.283 e. The molecule has 2 aromatic rings. The van der Waals surface area contributed by atoms with E-state index in [9.17, 15) is 20.2 Å².